The van der Waals surface area contributed by atoms with Gasteiger partial charge in [-0.15, -0.1) is 0 Å². The van der Waals surface area contributed by atoms with Gasteiger partial charge in [-0.2, -0.15) is 0 Å². The van der Waals surface area contributed by atoms with Crippen LogP contribution in [0.15, 0.2) is 30.3 Å². The molecule has 4 nitrogen and oxygen atoms in total. The zero-order valence-electron chi connectivity index (χ0n) is 12.7. The molecule has 1 amide bonds. The molecule has 1 aliphatic carbocycles. The minimum Gasteiger partial charge on any atom is -0.393 e. The molecule has 0 spiro atoms. The molecule has 0 heterocycles. The van der Waals surface area contributed by atoms with E-state index in [0.717, 1.165) is 31.2 Å². The van der Waals surface area contributed by atoms with Crippen LogP contribution in [0.3, 0.4) is 0 Å². The lowest BCUT2D eigenvalue weighted by Crippen LogP contribution is -2.38. The van der Waals surface area contributed by atoms with Gasteiger partial charge in [-0.05, 0) is 37.2 Å². The highest BCUT2D eigenvalue weighted by Gasteiger charge is 2.24. The van der Waals surface area contributed by atoms with Gasteiger partial charge in [-0.1, -0.05) is 37.3 Å². The van der Waals surface area contributed by atoms with Gasteiger partial charge in [0, 0.05) is 12.6 Å². The zero-order chi connectivity index (χ0) is 15.2. The van der Waals surface area contributed by atoms with Crippen molar-refractivity contribution >= 4 is 5.91 Å². The van der Waals surface area contributed by atoms with Gasteiger partial charge < -0.3 is 16.2 Å². The molecule has 0 aliphatic heterocycles. The summed E-state index contributed by atoms with van der Waals surface area (Å²) in [6, 6.07) is 9.45. The SMILES string of the molecule is CC(C(=O)NCC1CCC(O)CC1)C(N)c1ccccc1. The van der Waals surface area contributed by atoms with E-state index in [1.807, 2.05) is 37.3 Å². The fourth-order valence-corrected chi connectivity index (χ4v) is 2.88. The highest BCUT2D eigenvalue weighted by molar-refractivity contribution is 5.79. The molecular weight excluding hydrogens is 264 g/mol. The average Bonchev–Trinajstić information content (AvgIpc) is 2.53. The number of amides is 1. The Morgan fingerprint density at radius 3 is 2.52 bits per heavy atom. The first kappa shape index (κ1) is 16.0. The monoisotopic (exact) mass is 290 g/mol. The summed E-state index contributed by atoms with van der Waals surface area (Å²) in [4.78, 5) is 12.2. The lowest BCUT2D eigenvalue weighted by molar-refractivity contribution is -0.125. The van der Waals surface area contributed by atoms with Crippen molar-refractivity contribution in [3.05, 3.63) is 35.9 Å². The summed E-state index contributed by atoms with van der Waals surface area (Å²) in [5.41, 5.74) is 7.16. The van der Waals surface area contributed by atoms with Crippen LogP contribution in [0.2, 0.25) is 0 Å². The first-order valence-electron chi connectivity index (χ1n) is 7.84. The van der Waals surface area contributed by atoms with Gasteiger partial charge in [0.2, 0.25) is 5.91 Å². The Bertz CT molecular complexity index is 441. The Kier molecular flexibility index (Phi) is 5.76. The first-order chi connectivity index (χ1) is 10.1. The van der Waals surface area contributed by atoms with E-state index < -0.39 is 0 Å². The van der Waals surface area contributed by atoms with Crippen molar-refractivity contribution in [1.29, 1.82) is 0 Å². The molecule has 2 atom stereocenters. The van der Waals surface area contributed by atoms with E-state index in [2.05, 4.69) is 5.32 Å². The van der Waals surface area contributed by atoms with Gasteiger partial charge >= 0.3 is 0 Å². The van der Waals surface area contributed by atoms with E-state index in [1.54, 1.807) is 0 Å². The number of aliphatic hydroxyl groups excluding tert-OH is 1. The normalized spacial score (nSPS) is 25.1. The summed E-state index contributed by atoms with van der Waals surface area (Å²) in [6.45, 7) is 2.56. The van der Waals surface area contributed by atoms with Crippen molar-refractivity contribution in [3.63, 3.8) is 0 Å². The van der Waals surface area contributed by atoms with Crippen molar-refractivity contribution in [3.8, 4) is 0 Å². The van der Waals surface area contributed by atoms with Gasteiger partial charge in [-0.25, -0.2) is 0 Å². The van der Waals surface area contributed by atoms with Crippen molar-refractivity contribution in [2.75, 3.05) is 6.54 Å². The van der Waals surface area contributed by atoms with E-state index in [-0.39, 0.29) is 24.0 Å². The van der Waals surface area contributed by atoms with Crippen LogP contribution in [0, 0.1) is 11.8 Å². The molecule has 1 saturated carbocycles. The summed E-state index contributed by atoms with van der Waals surface area (Å²) in [6.07, 6.45) is 3.52. The summed E-state index contributed by atoms with van der Waals surface area (Å²) in [5.74, 6) is 0.247. The van der Waals surface area contributed by atoms with Crippen LogP contribution in [-0.2, 0) is 4.79 Å². The number of carbonyl (C=O) groups is 1. The van der Waals surface area contributed by atoms with E-state index >= 15 is 0 Å². The maximum Gasteiger partial charge on any atom is 0.224 e. The van der Waals surface area contributed by atoms with Crippen LogP contribution >= 0.6 is 0 Å². The Labute approximate surface area is 126 Å². The second kappa shape index (κ2) is 7.57. The smallest absolute Gasteiger partial charge is 0.224 e. The average molecular weight is 290 g/mol. The molecule has 116 valence electrons. The highest BCUT2D eigenvalue weighted by Crippen LogP contribution is 2.24. The van der Waals surface area contributed by atoms with Crippen LogP contribution in [0.5, 0.6) is 0 Å². The first-order valence-corrected chi connectivity index (χ1v) is 7.84. The largest absolute Gasteiger partial charge is 0.393 e. The Hall–Kier alpha value is -1.39. The number of rotatable bonds is 5. The van der Waals surface area contributed by atoms with Gasteiger partial charge in [0.1, 0.15) is 0 Å². The minimum atomic E-state index is -0.278. The molecule has 4 N–H and O–H groups in total. The quantitative estimate of drug-likeness (QED) is 0.776. The van der Waals surface area contributed by atoms with Crippen LogP contribution < -0.4 is 11.1 Å². The second-order valence-electron chi connectivity index (χ2n) is 6.14. The van der Waals surface area contributed by atoms with Crippen molar-refractivity contribution in [2.24, 2.45) is 17.6 Å². The van der Waals surface area contributed by atoms with Crippen molar-refractivity contribution < 1.29 is 9.90 Å². The molecule has 1 aromatic rings. The predicted octanol–water partition coefficient (Wildman–Crippen LogP) is 1.99. The van der Waals surface area contributed by atoms with E-state index in [1.165, 1.54) is 0 Å². The van der Waals surface area contributed by atoms with Crippen molar-refractivity contribution in [1.82, 2.24) is 5.32 Å². The predicted molar refractivity (Wildman–Crippen MR) is 83.5 cm³/mol. The number of benzene rings is 1. The molecule has 0 bridgehead atoms. The molecule has 0 radical (unpaired) electrons. The maximum atomic E-state index is 12.2. The number of aliphatic hydroxyl groups is 1. The zero-order valence-corrected chi connectivity index (χ0v) is 12.7. The molecular formula is C17H26N2O2. The van der Waals surface area contributed by atoms with E-state index in [4.69, 9.17) is 5.73 Å². The molecule has 2 rings (SSSR count). The van der Waals surface area contributed by atoms with Gasteiger partial charge in [0.25, 0.3) is 0 Å². The van der Waals surface area contributed by atoms with E-state index in [9.17, 15) is 9.90 Å². The number of nitrogens with one attached hydrogen (secondary N) is 1. The third-order valence-electron chi connectivity index (χ3n) is 4.52. The van der Waals surface area contributed by atoms with Gasteiger partial charge in [0.15, 0.2) is 0 Å². The topological polar surface area (TPSA) is 75.3 Å². The second-order valence-corrected chi connectivity index (χ2v) is 6.14. The standard InChI is InChI=1S/C17H26N2O2/c1-12(16(18)14-5-3-2-4-6-14)17(21)19-11-13-7-9-15(20)10-8-13/h2-6,12-13,15-16,20H,7-11,18H2,1H3,(H,19,21). The minimum absolute atomic E-state index is 0.0116. The molecule has 4 heteroatoms. The van der Waals surface area contributed by atoms with Gasteiger partial charge in [-0.3, -0.25) is 4.79 Å². The molecule has 21 heavy (non-hydrogen) atoms. The summed E-state index contributed by atoms with van der Waals surface area (Å²) in [7, 11) is 0. The Morgan fingerprint density at radius 1 is 1.29 bits per heavy atom. The van der Waals surface area contributed by atoms with Crippen LogP contribution in [-0.4, -0.2) is 23.7 Å². The number of carbonyl (C=O) groups excluding carboxylic acids is 1. The number of hydrogen-bond donors (Lipinski definition) is 3. The molecule has 1 aromatic carbocycles. The fraction of sp³-hybridized carbons (Fsp3) is 0.588. The van der Waals surface area contributed by atoms with Gasteiger partial charge in [0.05, 0.1) is 12.0 Å². The Balaban J connectivity index is 1.80. The van der Waals surface area contributed by atoms with Crippen LogP contribution in [0.4, 0.5) is 0 Å². The summed E-state index contributed by atoms with van der Waals surface area (Å²) in [5, 5.41) is 12.5. The third kappa shape index (κ3) is 4.55. The molecule has 0 saturated heterocycles. The van der Waals surface area contributed by atoms with E-state index in [0.29, 0.717) is 12.5 Å². The molecule has 2 unspecified atom stereocenters. The molecule has 1 aliphatic rings. The molecule has 1 fully saturated rings. The lowest BCUT2D eigenvalue weighted by atomic mass is 9.87. The fourth-order valence-electron chi connectivity index (χ4n) is 2.88. The lowest BCUT2D eigenvalue weighted by Gasteiger charge is -2.26. The Morgan fingerprint density at radius 2 is 1.90 bits per heavy atom. The van der Waals surface area contributed by atoms with Crippen molar-refractivity contribution in [2.45, 2.75) is 44.8 Å². The number of nitrogens with two attached hydrogens (primary N) is 1. The highest BCUT2D eigenvalue weighted by atomic mass is 16.3. The van der Waals surface area contributed by atoms with Crippen LogP contribution in [0.25, 0.3) is 0 Å². The maximum absolute atomic E-state index is 12.2. The molecule has 0 aromatic heterocycles. The third-order valence-corrected chi connectivity index (χ3v) is 4.52. The summed E-state index contributed by atoms with van der Waals surface area (Å²) >= 11 is 0. The van der Waals surface area contributed by atoms with Crippen LogP contribution in [0.1, 0.15) is 44.2 Å². The number of hydrogen-bond acceptors (Lipinski definition) is 3. The summed E-state index contributed by atoms with van der Waals surface area (Å²) < 4.78 is 0.